The average molecular weight is 487 g/mol. The van der Waals surface area contributed by atoms with Crippen molar-refractivity contribution in [1.82, 2.24) is 5.32 Å². The molecule has 33 heavy (non-hydrogen) atoms. The molecule has 0 unspecified atom stereocenters. The largest absolute Gasteiger partial charge is 0.490 e. The van der Waals surface area contributed by atoms with E-state index in [-0.39, 0.29) is 24.6 Å². The van der Waals surface area contributed by atoms with Crippen LogP contribution in [0.4, 0.5) is 5.69 Å². The van der Waals surface area contributed by atoms with Gasteiger partial charge >= 0.3 is 0 Å². The predicted octanol–water partition coefficient (Wildman–Crippen LogP) is 4.66. The lowest BCUT2D eigenvalue weighted by atomic mass is 10.1. The van der Waals surface area contributed by atoms with Gasteiger partial charge in [0, 0.05) is 0 Å². The second-order valence-corrected chi connectivity index (χ2v) is 10.1. The fraction of sp³-hybridized carbons (Fsp3) is 0.240. The maximum absolute atomic E-state index is 13.5. The van der Waals surface area contributed by atoms with Gasteiger partial charge in [-0.3, -0.25) is 9.10 Å². The van der Waals surface area contributed by atoms with Crippen LogP contribution in [-0.2, 0) is 14.8 Å². The summed E-state index contributed by atoms with van der Waals surface area (Å²) in [4.78, 5) is 12.8. The molecule has 0 aliphatic rings. The first-order chi connectivity index (χ1) is 15.7. The van der Waals surface area contributed by atoms with Crippen molar-refractivity contribution in [3.05, 3.63) is 88.4 Å². The summed E-state index contributed by atoms with van der Waals surface area (Å²) in [6.45, 7) is 5.71. The zero-order chi connectivity index (χ0) is 24.0. The maximum Gasteiger partial charge on any atom is 0.264 e. The van der Waals surface area contributed by atoms with E-state index in [2.05, 4.69) is 5.32 Å². The summed E-state index contributed by atoms with van der Waals surface area (Å²) in [7, 11) is -3.95. The second kappa shape index (κ2) is 10.7. The number of nitrogens with one attached hydrogen (secondary N) is 1. The molecule has 6 nitrogen and oxygen atoms in total. The van der Waals surface area contributed by atoms with Gasteiger partial charge in [-0.1, -0.05) is 47.5 Å². The zero-order valence-corrected chi connectivity index (χ0v) is 20.4. The van der Waals surface area contributed by atoms with E-state index in [4.69, 9.17) is 16.3 Å². The molecular weight excluding hydrogens is 460 g/mol. The SMILES string of the molecule is Cc1ccc(S(=O)(=O)N(CC(=O)NCCOc2ccccc2Cl)c2cc(C)cc(C)c2)cc1. The molecule has 0 aliphatic carbocycles. The molecule has 1 N–H and O–H groups in total. The van der Waals surface area contributed by atoms with Crippen molar-refractivity contribution in [2.75, 3.05) is 24.0 Å². The van der Waals surface area contributed by atoms with Crippen LogP contribution in [0.1, 0.15) is 16.7 Å². The number of carbonyl (C=O) groups excluding carboxylic acids is 1. The summed E-state index contributed by atoms with van der Waals surface area (Å²) in [6.07, 6.45) is 0. The Hall–Kier alpha value is -3.03. The lowest BCUT2D eigenvalue weighted by Gasteiger charge is -2.25. The summed E-state index contributed by atoms with van der Waals surface area (Å²) >= 11 is 6.06. The van der Waals surface area contributed by atoms with Crippen LogP contribution in [0.3, 0.4) is 0 Å². The van der Waals surface area contributed by atoms with E-state index in [9.17, 15) is 13.2 Å². The van der Waals surface area contributed by atoms with E-state index < -0.39 is 15.9 Å². The van der Waals surface area contributed by atoms with Gasteiger partial charge in [0.1, 0.15) is 18.9 Å². The van der Waals surface area contributed by atoms with Gasteiger partial charge in [0.15, 0.2) is 0 Å². The molecular formula is C25H27ClN2O4S. The number of amides is 1. The smallest absolute Gasteiger partial charge is 0.264 e. The number of hydrogen-bond donors (Lipinski definition) is 1. The Morgan fingerprint density at radius 3 is 2.21 bits per heavy atom. The van der Waals surface area contributed by atoms with Crippen LogP contribution in [0.5, 0.6) is 5.75 Å². The molecule has 3 aromatic rings. The molecule has 0 aliphatic heterocycles. The van der Waals surface area contributed by atoms with E-state index in [1.54, 1.807) is 60.7 Å². The van der Waals surface area contributed by atoms with E-state index in [0.29, 0.717) is 16.5 Å². The highest BCUT2D eigenvalue weighted by Gasteiger charge is 2.27. The number of hydrogen-bond acceptors (Lipinski definition) is 4. The highest BCUT2D eigenvalue weighted by Crippen LogP contribution is 2.26. The van der Waals surface area contributed by atoms with Crippen molar-refractivity contribution in [1.29, 1.82) is 0 Å². The normalized spacial score (nSPS) is 11.2. The Kier molecular flexibility index (Phi) is 8.00. The molecule has 0 saturated heterocycles. The number of para-hydroxylation sites is 1. The molecule has 174 valence electrons. The van der Waals surface area contributed by atoms with Crippen LogP contribution < -0.4 is 14.4 Å². The number of rotatable bonds is 9. The van der Waals surface area contributed by atoms with Gasteiger partial charge in [0.25, 0.3) is 10.0 Å². The van der Waals surface area contributed by atoms with Crippen LogP contribution >= 0.6 is 11.6 Å². The molecule has 0 heterocycles. The number of anilines is 1. The number of sulfonamides is 1. The van der Waals surface area contributed by atoms with Gasteiger partial charge in [-0.15, -0.1) is 0 Å². The summed E-state index contributed by atoms with van der Waals surface area (Å²) in [6, 6.07) is 19.1. The Bertz CT molecular complexity index is 1210. The monoisotopic (exact) mass is 486 g/mol. The molecule has 8 heteroatoms. The van der Waals surface area contributed by atoms with Crippen molar-refractivity contribution in [2.24, 2.45) is 0 Å². The lowest BCUT2D eigenvalue weighted by Crippen LogP contribution is -2.42. The number of benzene rings is 3. The molecule has 3 aromatic carbocycles. The van der Waals surface area contributed by atoms with Gasteiger partial charge in [0.2, 0.25) is 5.91 Å². The summed E-state index contributed by atoms with van der Waals surface area (Å²) < 4.78 is 33.6. The standard InChI is InChI=1S/C25H27ClN2O4S/c1-18-8-10-22(11-9-18)33(30,31)28(21-15-19(2)14-20(3)16-21)17-25(29)27-12-13-32-24-7-5-4-6-23(24)26/h4-11,14-16H,12-13,17H2,1-3H3,(H,27,29). The minimum absolute atomic E-state index is 0.127. The Morgan fingerprint density at radius 1 is 0.939 bits per heavy atom. The number of nitrogens with zero attached hydrogens (tertiary/aromatic N) is 1. The minimum atomic E-state index is -3.95. The average Bonchev–Trinajstić information content (AvgIpc) is 2.75. The third-order valence-corrected chi connectivity index (χ3v) is 7.01. The molecule has 0 spiro atoms. The van der Waals surface area contributed by atoms with Crippen molar-refractivity contribution in [3.8, 4) is 5.75 Å². The van der Waals surface area contributed by atoms with Gasteiger partial charge < -0.3 is 10.1 Å². The van der Waals surface area contributed by atoms with Crippen LogP contribution in [0.25, 0.3) is 0 Å². The molecule has 0 radical (unpaired) electrons. The van der Waals surface area contributed by atoms with Gasteiger partial charge in [-0.25, -0.2) is 8.42 Å². The minimum Gasteiger partial charge on any atom is -0.490 e. The third kappa shape index (κ3) is 6.49. The van der Waals surface area contributed by atoms with E-state index in [1.165, 1.54) is 0 Å². The highest BCUT2D eigenvalue weighted by atomic mass is 35.5. The molecule has 0 fully saturated rings. The fourth-order valence-corrected chi connectivity index (χ4v) is 4.94. The highest BCUT2D eigenvalue weighted by molar-refractivity contribution is 7.92. The summed E-state index contributed by atoms with van der Waals surface area (Å²) in [5.74, 6) is 0.0832. The van der Waals surface area contributed by atoms with Crippen molar-refractivity contribution in [2.45, 2.75) is 25.7 Å². The quantitative estimate of drug-likeness (QED) is 0.446. The van der Waals surface area contributed by atoms with E-state index in [1.807, 2.05) is 26.8 Å². The van der Waals surface area contributed by atoms with Gasteiger partial charge in [-0.05, 0) is 68.3 Å². The van der Waals surface area contributed by atoms with Crippen molar-refractivity contribution < 1.29 is 17.9 Å². The number of halogens is 1. The third-order valence-electron chi connectivity index (χ3n) is 4.91. The van der Waals surface area contributed by atoms with Crippen LogP contribution in [0.15, 0.2) is 71.6 Å². The summed E-state index contributed by atoms with van der Waals surface area (Å²) in [5.41, 5.74) is 3.20. The first kappa shape index (κ1) is 24.6. The molecule has 0 atom stereocenters. The molecule has 0 bridgehead atoms. The predicted molar refractivity (Wildman–Crippen MR) is 132 cm³/mol. The fourth-order valence-electron chi connectivity index (χ4n) is 3.35. The molecule has 1 amide bonds. The zero-order valence-electron chi connectivity index (χ0n) is 18.8. The molecule has 0 saturated carbocycles. The molecule has 0 aromatic heterocycles. The van der Waals surface area contributed by atoms with Crippen molar-refractivity contribution in [3.63, 3.8) is 0 Å². The van der Waals surface area contributed by atoms with Crippen molar-refractivity contribution >= 4 is 33.2 Å². The Morgan fingerprint density at radius 2 is 1.58 bits per heavy atom. The van der Waals surface area contributed by atoms with Crippen LogP contribution in [0.2, 0.25) is 5.02 Å². The second-order valence-electron chi connectivity index (χ2n) is 7.80. The topological polar surface area (TPSA) is 75.7 Å². The van der Waals surface area contributed by atoms with Crippen LogP contribution in [-0.4, -0.2) is 34.0 Å². The summed E-state index contributed by atoms with van der Waals surface area (Å²) in [5, 5.41) is 3.20. The first-order valence-electron chi connectivity index (χ1n) is 10.5. The van der Waals surface area contributed by atoms with E-state index in [0.717, 1.165) is 21.0 Å². The van der Waals surface area contributed by atoms with Crippen LogP contribution in [0, 0.1) is 20.8 Å². The number of carbonyl (C=O) groups is 1. The number of ether oxygens (including phenoxy) is 1. The van der Waals surface area contributed by atoms with Gasteiger partial charge in [0.05, 0.1) is 22.2 Å². The first-order valence-corrected chi connectivity index (χ1v) is 12.3. The van der Waals surface area contributed by atoms with Gasteiger partial charge in [-0.2, -0.15) is 0 Å². The number of aryl methyl sites for hydroxylation is 3. The maximum atomic E-state index is 13.5. The Labute approximate surface area is 200 Å². The lowest BCUT2D eigenvalue weighted by molar-refractivity contribution is -0.119. The van der Waals surface area contributed by atoms with E-state index >= 15 is 0 Å². The molecule has 3 rings (SSSR count). The Balaban J connectivity index is 1.76.